The van der Waals surface area contributed by atoms with Crippen molar-refractivity contribution >= 4 is 0 Å². The van der Waals surface area contributed by atoms with Crippen molar-refractivity contribution in [1.29, 1.82) is 0 Å². The van der Waals surface area contributed by atoms with E-state index < -0.39 is 5.82 Å². The summed E-state index contributed by atoms with van der Waals surface area (Å²) in [5, 5.41) is 9.39. The van der Waals surface area contributed by atoms with Crippen LogP contribution in [0.15, 0.2) is 18.2 Å². The predicted octanol–water partition coefficient (Wildman–Crippen LogP) is 5.03. The summed E-state index contributed by atoms with van der Waals surface area (Å²) in [7, 11) is 0. The first-order valence-corrected chi connectivity index (χ1v) is 7.06. The number of hydrogen-bond acceptors (Lipinski definition) is 1. The zero-order valence-corrected chi connectivity index (χ0v) is 12.7. The zero-order valence-electron chi connectivity index (χ0n) is 12.7. The number of benzene rings is 1. The van der Waals surface area contributed by atoms with Gasteiger partial charge in [-0.05, 0) is 47.8 Å². The predicted molar refractivity (Wildman–Crippen MR) is 76.8 cm³/mol. The second-order valence-electron chi connectivity index (χ2n) is 7.87. The number of phenols is 1. The minimum atomic E-state index is -0.506. The maximum atomic E-state index is 13.7. The molecule has 1 aromatic carbocycles. The Morgan fingerprint density at radius 2 is 1.84 bits per heavy atom. The highest BCUT2D eigenvalue weighted by molar-refractivity contribution is 5.37. The first-order valence-electron chi connectivity index (χ1n) is 7.06. The zero-order chi connectivity index (χ0) is 14.5. The molecule has 0 spiro atoms. The Labute approximate surface area is 115 Å². The molecule has 0 aromatic heterocycles. The number of phenolic OH excluding ortho intramolecular Hbond substituents is 1. The lowest BCUT2D eigenvalue weighted by molar-refractivity contribution is -0.00773. The van der Waals surface area contributed by atoms with Gasteiger partial charge in [0.25, 0.3) is 0 Å². The molecule has 1 unspecified atom stereocenters. The van der Waals surface area contributed by atoms with Crippen LogP contribution < -0.4 is 0 Å². The molecule has 1 atom stereocenters. The molecule has 2 rings (SSSR count). The van der Waals surface area contributed by atoms with Crippen molar-refractivity contribution in [3.8, 4) is 5.75 Å². The molecule has 0 heterocycles. The van der Waals surface area contributed by atoms with Crippen molar-refractivity contribution in [2.24, 2.45) is 10.8 Å². The monoisotopic (exact) mass is 264 g/mol. The smallest absolute Gasteiger partial charge is 0.165 e. The van der Waals surface area contributed by atoms with Crippen molar-refractivity contribution in [1.82, 2.24) is 0 Å². The minimum absolute atomic E-state index is 0.0276. The van der Waals surface area contributed by atoms with Crippen LogP contribution in [0.25, 0.3) is 0 Å². The molecule has 0 aliphatic heterocycles. The summed E-state index contributed by atoms with van der Waals surface area (Å²) in [5.74, 6) is -0.764. The van der Waals surface area contributed by atoms with Crippen LogP contribution in [0.2, 0.25) is 0 Å². The summed E-state index contributed by atoms with van der Waals surface area (Å²) in [4.78, 5) is 0. The fourth-order valence-corrected chi connectivity index (χ4v) is 3.60. The van der Waals surface area contributed by atoms with Gasteiger partial charge in [0.15, 0.2) is 11.6 Å². The van der Waals surface area contributed by atoms with Crippen LogP contribution in [0.4, 0.5) is 4.39 Å². The van der Waals surface area contributed by atoms with E-state index in [2.05, 4.69) is 34.6 Å². The molecule has 0 saturated heterocycles. The number of rotatable bonds is 2. The highest BCUT2D eigenvalue weighted by atomic mass is 19.1. The van der Waals surface area contributed by atoms with Gasteiger partial charge in [-0.25, -0.2) is 4.39 Å². The number of hydrogen-bond donors (Lipinski definition) is 1. The average Bonchev–Trinajstić information content (AvgIpc) is 2.27. The van der Waals surface area contributed by atoms with Gasteiger partial charge < -0.3 is 5.11 Å². The van der Waals surface area contributed by atoms with Gasteiger partial charge in [0.05, 0.1) is 0 Å². The van der Waals surface area contributed by atoms with E-state index in [1.54, 1.807) is 0 Å². The Balaban J connectivity index is 2.47. The van der Waals surface area contributed by atoms with E-state index in [4.69, 9.17) is 0 Å². The molecule has 0 bridgehead atoms. The van der Waals surface area contributed by atoms with Gasteiger partial charge in [-0.2, -0.15) is 0 Å². The lowest BCUT2D eigenvalue weighted by atomic mass is 9.45. The normalized spacial score (nSPS) is 26.0. The fraction of sp³-hybridized carbons (Fsp3) is 0.647. The average molecular weight is 264 g/mol. The molecule has 19 heavy (non-hydrogen) atoms. The lowest BCUT2D eigenvalue weighted by Crippen LogP contribution is -2.53. The molecule has 0 radical (unpaired) electrons. The van der Waals surface area contributed by atoms with Crippen molar-refractivity contribution in [2.75, 3.05) is 0 Å². The van der Waals surface area contributed by atoms with E-state index in [9.17, 15) is 9.50 Å². The minimum Gasteiger partial charge on any atom is -0.505 e. The lowest BCUT2D eigenvalue weighted by Gasteiger charge is -2.59. The van der Waals surface area contributed by atoms with Gasteiger partial charge in [0.2, 0.25) is 0 Å². The first-order chi connectivity index (χ1) is 8.57. The molecule has 1 fully saturated rings. The summed E-state index contributed by atoms with van der Waals surface area (Å²) >= 11 is 0. The number of aromatic hydroxyl groups is 1. The van der Waals surface area contributed by atoms with Gasteiger partial charge in [-0.3, -0.25) is 0 Å². The summed E-state index contributed by atoms with van der Waals surface area (Å²) in [5.41, 5.74) is 1.45. The summed E-state index contributed by atoms with van der Waals surface area (Å²) < 4.78 is 13.7. The van der Waals surface area contributed by atoms with Crippen LogP contribution in [0.1, 0.15) is 59.4 Å². The van der Waals surface area contributed by atoms with E-state index in [0.29, 0.717) is 0 Å². The molecule has 1 nitrogen and oxygen atoms in total. The molecular weight excluding hydrogens is 239 g/mol. The third-order valence-electron chi connectivity index (χ3n) is 4.80. The van der Waals surface area contributed by atoms with Crippen LogP contribution in [0.5, 0.6) is 5.75 Å². The van der Waals surface area contributed by atoms with Gasteiger partial charge in [-0.1, -0.05) is 40.7 Å². The molecule has 1 aliphatic carbocycles. The van der Waals surface area contributed by atoms with Gasteiger partial charge >= 0.3 is 0 Å². The highest BCUT2D eigenvalue weighted by Crippen LogP contribution is 2.62. The van der Waals surface area contributed by atoms with Crippen LogP contribution in [-0.4, -0.2) is 5.11 Å². The topological polar surface area (TPSA) is 20.2 Å². The molecule has 2 heteroatoms. The van der Waals surface area contributed by atoms with Crippen molar-refractivity contribution in [3.63, 3.8) is 0 Å². The van der Waals surface area contributed by atoms with Crippen molar-refractivity contribution in [2.45, 2.75) is 59.3 Å². The van der Waals surface area contributed by atoms with Crippen LogP contribution >= 0.6 is 0 Å². The Morgan fingerprint density at radius 1 is 1.21 bits per heavy atom. The Hall–Kier alpha value is -1.05. The Kier molecular flexibility index (Phi) is 3.19. The standard InChI is InChI=1S/C17H25FO/c1-15(2,3)11-17(9-8-16(17,4)5)12-6-7-14(19)13(18)10-12/h6-7,10,19H,8-9,11H2,1-5H3. The van der Waals surface area contributed by atoms with Crippen molar-refractivity contribution in [3.05, 3.63) is 29.6 Å². The van der Waals surface area contributed by atoms with Crippen LogP contribution in [0, 0.1) is 16.6 Å². The summed E-state index contributed by atoms with van der Waals surface area (Å²) in [6.07, 6.45) is 3.31. The molecule has 1 N–H and O–H groups in total. The van der Waals surface area contributed by atoms with Gasteiger partial charge in [0, 0.05) is 5.41 Å². The van der Waals surface area contributed by atoms with E-state index in [0.717, 1.165) is 18.4 Å². The SMILES string of the molecule is CC(C)(C)CC1(c2ccc(O)c(F)c2)CCC1(C)C. The summed E-state index contributed by atoms with van der Waals surface area (Å²) in [6, 6.07) is 4.91. The molecular formula is C17H25FO. The van der Waals surface area contributed by atoms with E-state index in [-0.39, 0.29) is 22.0 Å². The Bertz CT molecular complexity index is 485. The second kappa shape index (κ2) is 4.22. The van der Waals surface area contributed by atoms with Gasteiger partial charge in [0.1, 0.15) is 0 Å². The van der Waals surface area contributed by atoms with E-state index in [1.165, 1.54) is 18.6 Å². The van der Waals surface area contributed by atoms with Crippen molar-refractivity contribution < 1.29 is 9.50 Å². The third-order valence-corrected chi connectivity index (χ3v) is 4.80. The molecule has 106 valence electrons. The summed E-state index contributed by atoms with van der Waals surface area (Å²) in [6.45, 7) is 11.2. The van der Waals surface area contributed by atoms with Gasteiger partial charge in [-0.15, -0.1) is 0 Å². The fourth-order valence-electron chi connectivity index (χ4n) is 3.60. The third kappa shape index (κ3) is 2.37. The molecule has 0 amide bonds. The first kappa shape index (κ1) is 14.4. The van der Waals surface area contributed by atoms with Crippen LogP contribution in [0.3, 0.4) is 0 Å². The Morgan fingerprint density at radius 3 is 2.21 bits per heavy atom. The van der Waals surface area contributed by atoms with E-state index in [1.807, 2.05) is 6.07 Å². The molecule has 1 aliphatic rings. The molecule has 1 saturated carbocycles. The van der Waals surface area contributed by atoms with Crippen LogP contribution in [-0.2, 0) is 5.41 Å². The van der Waals surface area contributed by atoms with E-state index >= 15 is 0 Å². The second-order valence-corrected chi connectivity index (χ2v) is 7.87. The molecule has 1 aromatic rings. The number of halogens is 1. The quantitative estimate of drug-likeness (QED) is 0.794. The largest absolute Gasteiger partial charge is 0.505 e. The highest BCUT2D eigenvalue weighted by Gasteiger charge is 2.55. The maximum Gasteiger partial charge on any atom is 0.165 e. The maximum absolute atomic E-state index is 13.7.